The highest BCUT2D eigenvalue weighted by molar-refractivity contribution is 5.94. The van der Waals surface area contributed by atoms with E-state index in [4.69, 9.17) is 9.47 Å². The predicted octanol–water partition coefficient (Wildman–Crippen LogP) is 2.33. The summed E-state index contributed by atoms with van der Waals surface area (Å²) in [5, 5.41) is 2.73. The second-order valence-corrected chi connectivity index (χ2v) is 5.89. The van der Waals surface area contributed by atoms with E-state index in [1.165, 1.54) is 31.2 Å². The third-order valence-corrected chi connectivity index (χ3v) is 4.03. The van der Waals surface area contributed by atoms with E-state index in [1.807, 2.05) is 18.2 Å². The standard InChI is InChI=1S/C19H19FN2O4/c1-13(23)22(11-14-2-7-17-18(10-14)26-12-25-17)9-8-21-19(24)15-3-5-16(20)6-4-15/h2-7,10H,8-9,11-12H2,1H3,(H,21,24). The van der Waals surface area contributed by atoms with Gasteiger partial charge in [0.25, 0.3) is 5.91 Å². The van der Waals surface area contributed by atoms with Gasteiger partial charge in [0.15, 0.2) is 11.5 Å². The van der Waals surface area contributed by atoms with Crippen LogP contribution in [0.5, 0.6) is 11.5 Å². The minimum Gasteiger partial charge on any atom is -0.454 e. The summed E-state index contributed by atoms with van der Waals surface area (Å²) in [6.45, 7) is 2.73. The molecule has 2 aromatic carbocycles. The van der Waals surface area contributed by atoms with Gasteiger partial charge in [0, 0.05) is 32.1 Å². The maximum atomic E-state index is 12.9. The predicted molar refractivity (Wildman–Crippen MR) is 92.4 cm³/mol. The van der Waals surface area contributed by atoms with Crippen molar-refractivity contribution in [2.24, 2.45) is 0 Å². The van der Waals surface area contributed by atoms with Crippen molar-refractivity contribution in [3.05, 3.63) is 59.4 Å². The van der Waals surface area contributed by atoms with Crippen LogP contribution in [-0.2, 0) is 11.3 Å². The van der Waals surface area contributed by atoms with Gasteiger partial charge in [0.1, 0.15) is 5.82 Å². The van der Waals surface area contributed by atoms with Crippen LogP contribution < -0.4 is 14.8 Å². The number of ether oxygens (including phenoxy) is 2. The fourth-order valence-electron chi connectivity index (χ4n) is 2.62. The first-order valence-electron chi connectivity index (χ1n) is 8.21. The molecule has 0 unspecified atom stereocenters. The van der Waals surface area contributed by atoms with Crippen molar-refractivity contribution in [2.75, 3.05) is 19.9 Å². The van der Waals surface area contributed by atoms with Gasteiger partial charge in [-0.05, 0) is 42.0 Å². The summed E-state index contributed by atoms with van der Waals surface area (Å²) in [6, 6.07) is 10.8. The Labute approximate surface area is 150 Å². The van der Waals surface area contributed by atoms with Crippen LogP contribution in [0.25, 0.3) is 0 Å². The van der Waals surface area contributed by atoms with Crippen molar-refractivity contribution >= 4 is 11.8 Å². The summed E-state index contributed by atoms with van der Waals surface area (Å²) in [4.78, 5) is 25.5. The summed E-state index contributed by atoms with van der Waals surface area (Å²) >= 11 is 0. The van der Waals surface area contributed by atoms with E-state index in [0.29, 0.717) is 36.7 Å². The first-order valence-corrected chi connectivity index (χ1v) is 8.21. The van der Waals surface area contributed by atoms with Crippen molar-refractivity contribution in [1.29, 1.82) is 0 Å². The fourth-order valence-corrected chi connectivity index (χ4v) is 2.62. The van der Waals surface area contributed by atoms with Gasteiger partial charge in [-0.3, -0.25) is 9.59 Å². The molecule has 26 heavy (non-hydrogen) atoms. The van der Waals surface area contributed by atoms with Crippen molar-refractivity contribution in [1.82, 2.24) is 10.2 Å². The molecule has 1 aliphatic heterocycles. The largest absolute Gasteiger partial charge is 0.454 e. The van der Waals surface area contributed by atoms with Crippen LogP contribution in [0.2, 0.25) is 0 Å². The third-order valence-electron chi connectivity index (χ3n) is 4.03. The van der Waals surface area contributed by atoms with Crippen LogP contribution in [0.4, 0.5) is 4.39 Å². The number of carbonyl (C=O) groups is 2. The van der Waals surface area contributed by atoms with Gasteiger partial charge >= 0.3 is 0 Å². The number of carbonyl (C=O) groups excluding carboxylic acids is 2. The van der Waals surface area contributed by atoms with Crippen LogP contribution in [0.1, 0.15) is 22.8 Å². The second kappa shape index (κ2) is 7.86. The number of amides is 2. The monoisotopic (exact) mass is 358 g/mol. The van der Waals surface area contributed by atoms with Crippen molar-refractivity contribution < 1.29 is 23.5 Å². The molecule has 0 bridgehead atoms. The van der Waals surface area contributed by atoms with Crippen LogP contribution in [0.15, 0.2) is 42.5 Å². The smallest absolute Gasteiger partial charge is 0.251 e. The normalized spacial score (nSPS) is 11.9. The molecule has 0 saturated carbocycles. The van der Waals surface area contributed by atoms with Crippen LogP contribution >= 0.6 is 0 Å². The van der Waals surface area contributed by atoms with Gasteiger partial charge in [-0.25, -0.2) is 4.39 Å². The SMILES string of the molecule is CC(=O)N(CCNC(=O)c1ccc(F)cc1)Cc1ccc2c(c1)OCO2. The maximum absolute atomic E-state index is 12.9. The van der Waals surface area contributed by atoms with Gasteiger partial charge in [-0.15, -0.1) is 0 Å². The number of benzene rings is 2. The van der Waals surface area contributed by atoms with E-state index in [9.17, 15) is 14.0 Å². The summed E-state index contributed by atoms with van der Waals surface area (Å²) in [5.41, 5.74) is 1.28. The van der Waals surface area contributed by atoms with E-state index >= 15 is 0 Å². The van der Waals surface area contributed by atoms with Crippen molar-refractivity contribution in [3.8, 4) is 11.5 Å². The molecule has 0 saturated heterocycles. The zero-order valence-corrected chi connectivity index (χ0v) is 14.3. The van der Waals surface area contributed by atoms with Gasteiger partial charge < -0.3 is 19.7 Å². The van der Waals surface area contributed by atoms with Crippen LogP contribution in [0, 0.1) is 5.82 Å². The number of fused-ring (bicyclic) bond motifs is 1. The molecule has 1 heterocycles. The Morgan fingerprint density at radius 1 is 1.12 bits per heavy atom. The van der Waals surface area contributed by atoms with Gasteiger partial charge in [0.05, 0.1) is 0 Å². The molecule has 1 N–H and O–H groups in total. The maximum Gasteiger partial charge on any atom is 0.251 e. The Morgan fingerprint density at radius 2 is 1.85 bits per heavy atom. The van der Waals surface area contributed by atoms with Crippen LogP contribution in [-0.4, -0.2) is 36.6 Å². The van der Waals surface area contributed by atoms with Gasteiger partial charge in [-0.2, -0.15) is 0 Å². The molecule has 2 amide bonds. The second-order valence-electron chi connectivity index (χ2n) is 5.89. The lowest BCUT2D eigenvalue weighted by molar-refractivity contribution is -0.129. The minimum absolute atomic E-state index is 0.0984. The lowest BCUT2D eigenvalue weighted by atomic mass is 10.2. The molecule has 136 valence electrons. The lowest BCUT2D eigenvalue weighted by Gasteiger charge is -2.21. The van der Waals surface area contributed by atoms with Crippen molar-refractivity contribution in [2.45, 2.75) is 13.5 Å². The Kier molecular flexibility index (Phi) is 5.36. The molecule has 0 spiro atoms. The summed E-state index contributed by atoms with van der Waals surface area (Å²) < 4.78 is 23.5. The highest BCUT2D eigenvalue weighted by atomic mass is 19.1. The zero-order chi connectivity index (χ0) is 18.5. The number of hydrogen-bond acceptors (Lipinski definition) is 4. The Morgan fingerprint density at radius 3 is 2.58 bits per heavy atom. The molecule has 0 atom stereocenters. The van der Waals surface area contributed by atoms with Crippen LogP contribution in [0.3, 0.4) is 0 Å². The molecule has 1 aliphatic rings. The minimum atomic E-state index is -0.395. The van der Waals surface area contributed by atoms with Gasteiger partial charge in [-0.1, -0.05) is 6.07 Å². The number of nitrogens with one attached hydrogen (secondary N) is 1. The quantitative estimate of drug-likeness (QED) is 0.861. The van der Waals surface area contributed by atoms with E-state index in [0.717, 1.165) is 5.56 Å². The van der Waals surface area contributed by atoms with E-state index in [-0.39, 0.29) is 18.6 Å². The Hall–Kier alpha value is -3.09. The molecule has 0 aromatic heterocycles. The molecule has 3 rings (SSSR count). The number of halogens is 1. The molecular weight excluding hydrogens is 339 g/mol. The van der Waals surface area contributed by atoms with E-state index < -0.39 is 5.82 Å². The molecular formula is C19H19FN2O4. The lowest BCUT2D eigenvalue weighted by Crippen LogP contribution is -2.37. The Balaban J connectivity index is 1.54. The number of rotatable bonds is 6. The Bertz CT molecular complexity index is 808. The average Bonchev–Trinajstić information content (AvgIpc) is 3.09. The number of hydrogen-bond donors (Lipinski definition) is 1. The summed E-state index contributed by atoms with van der Waals surface area (Å²) in [6.07, 6.45) is 0. The first kappa shape index (κ1) is 17.7. The summed E-state index contributed by atoms with van der Waals surface area (Å²) in [7, 11) is 0. The first-order chi connectivity index (χ1) is 12.5. The molecule has 0 fully saturated rings. The zero-order valence-electron chi connectivity index (χ0n) is 14.3. The third kappa shape index (κ3) is 4.30. The van der Waals surface area contributed by atoms with Gasteiger partial charge in [0.2, 0.25) is 12.7 Å². The highest BCUT2D eigenvalue weighted by Gasteiger charge is 2.16. The highest BCUT2D eigenvalue weighted by Crippen LogP contribution is 2.32. The molecule has 6 nitrogen and oxygen atoms in total. The van der Waals surface area contributed by atoms with Crippen molar-refractivity contribution in [3.63, 3.8) is 0 Å². The molecule has 0 aliphatic carbocycles. The molecule has 0 radical (unpaired) electrons. The summed E-state index contributed by atoms with van der Waals surface area (Å²) in [5.74, 6) is 0.550. The molecule has 2 aromatic rings. The topological polar surface area (TPSA) is 67.9 Å². The fraction of sp³-hybridized carbons (Fsp3) is 0.263. The number of nitrogens with zero attached hydrogens (tertiary/aromatic N) is 1. The van der Waals surface area contributed by atoms with E-state index in [1.54, 1.807) is 4.90 Å². The van der Waals surface area contributed by atoms with E-state index in [2.05, 4.69) is 5.32 Å². The average molecular weight is 358 g/mol. The molecule has 7 heteroatoms.